The quantitative estimate of drug-likeness (QED) is 0.206. The highest BCUT2D eigenvalue weighted by Crippen LogP contribution is 2.27. The summed E-state index contributed by atoms with van der Waals surface area (Å²) in [4.78, 5) is 4.83. The van der Waals surface area contributed by atoms with Gasteiger partial charge in [-0.2, -0.15) is 0 Å². The molecule has 1 atom stereocenters. The van der Waals surface area contributed by atoms with Crippen LogP contribution in [0.2, 0.25) is 0 Å². The smallest absolute Gasteiger partial charge is 0.0568 e. The van der Waals surface area contributed by atoms with Crippen LogP contribution in [-0.4, -0.2) is 4.98 Å². The predicted octanol–water partition coefficient (Wildman–Crippen LogP) is 8.19. The number of pyridine rings is 1. The highest BCUT2D eigenvalue weighted by Gasteiger charge is 2.07. The maximum atomic E-state index is 4.41. The topological polar surface area (TPSA) is 12.9 Å². The van der Waals surface area contributed by atoms with Gasteiger partial charge in [-0.05, 0) is 18.6 Å². The molecule has 23 heavy (non-hydrogen) atoms. The van der Waals surface area contributed by atoms with E-state index in [2.05, 4.69) is 40.0 Å². The van der Waals surface area contributed by atoms with Crippen molar-refractivity contribution in [3.8, 4) is 0 Å². The molecule has 0 aliphatic heterocycles. The number of hydrogen-bond donors (Lipinski definition) is 0. The molecule has 0 aliphatic carbocycles. The molecule has 0 spiro atoms. The molecular weight excluding hydrogens is 414 g/mol. The molecule has 0 saturated heterocycles. The van der Waals surface area contributed by atoms with Gasteiger partial charge in [0.05, 0.1) is 10.5 Å². The fourth-order valence-electron chi connectivity index (χ4n) is 2.87. The summed E-state index contributed by atoms with van der Waals surface area (Å²) in [6.45, 7) is 2.29. The zero-order chi connectivity index (χ0) is 15.9. The van der Waals surface area contributed by atoms with Crippen molar-refractivity contribution < 1.29 is 0 Å². The van der Waals surface area contributed by atoms with E-state index in [1.54, 1.807) is 0 Å². The summed E-state index contributed by atoms with van der Waals surface area (Å²) < 4.78 is 0. The first-order chi connectivity index (χ1) is 10.8. The van der Waals surface area contributed by atoms with Gasteiger partial charge in [-0.25, -0.2) is 0 Å². The highest BCUT2D eigenvalue weighted by molar-refractivity contribution is 9.09. The van der Waals surface area contributed by atoms with E-state index in [0.717, 1.165) is 0 Å². The summed E-state index contributed by atoms with van der Waals surface area (Å²) >= 11 is 3.75. The predicted molar refractivity (Wildman–Crippen MR) is 112 cm³/mol. The zero-order valence-electron chi connectivity index (χ0n) is 14.8. The first-order valence-corrected chi connectivity index (χ1v) is 10.3. The van der Waals surface area contributed by atoms with E-state index in [9.17, 15) is 0 Å². The SMILES string of the molecule is Br.CCCCCCCCCCCCCCC(Br)c1ccccn1. The molecule has 0 aromatic carbocycles. The number of rotatable bonds is 14. The summed E-state index contributed by atoms with van der Waals surface area (Å²) in [7, 11) is 0. The minimum absolute atomic E-state index is 0. The average Bonchev–Trinajstić information content (AvgIpc) is 2.56. The van der Waals surface area contributed by atoms with Gasteiger partial charge >= 0.3 is 0 Å². The molecule has 0 radical (unpaired) electrons. The van der Waals surface area contributed by atoms with Crippen LogP contribution in [0, 0.1) is 0 Å². The van der Waals surface area contributed by atoms with E-state index in [-0.39, 0.29) is 17.0 Å². The molecular formula is C20H35Br2N. The fraction of sp³-hybridized carbons (Fsp3) is 0.750. The van der Waals surface area contributed by atoms with E-state index >= 15 is 0 Å². The van der Waals surface area contributed by atoms with Crippen LogP contribution in [0.1, 0.15) is 101 Å². The third-order valence-electron chi connectivity index (χ3n) is 4.32. The lowest BCUT2D eigenvalue weighted by atomic mass is 10.0. The number of alkyl halides is 1. The van der Waals surface area contributed by atoms with Crippen LogP contribution < -0.4 is 0 Å². The second-order valence-corrected chi connectivity index (χ2v) is 7.51. The monoisotopic (exact) mass is 447 g/mol. The van der Waals surface area contributed by atoms with Gasteiger partial charge in [-0.1, -0.05) is 106 Å². The van der Waals surface area contributed by atoms with Gasteiger partial charge in [0.2, 0.25) is 0 Å². The molecule has 3 heteroatoms. The molecule has 0 aliphatic rings. The normalized spacial score (nSPS) is 11.9. The van der Waals surface area contributed by atoms with Gasteiger partial charge in [0.15, 0.2) is 0 Å². The van der Waals surface area contributed by atoms with Gasteiger partial charge in [-0.3, -0.25) is 4.98 Å². The van der Waals surface area contributed by atoms with E-state index < -0.39 is 0 Å². The Hall–Kier alpha value is 0.110. The Balaban J connectivity index is 0.00000484. The van der Waals surface area contributed by atoms with E-state index in [4.69, 9.17) is 0 Å². The molecule has 1 nitrogen and oxygen atoms in total. The molecule has 0 saturated carbocycles. The highest BCUT2D eigenvalue weighted by atomic mass is 79.9. The van der Waals surface area contributed by atoms with Crippen LogP contribution in [0.15, 0.2) is 24.4 Å². The van der Waals surface area contributed by atoms with Crippen LogP contribution >= 0.6 is 32.9 Å². The van der Waals surface area contributed by atoms with Crippen LogP contribution in [0.4, 0.5) is 0 Å². The molecule has 0 fully saturated rings. The van der Waals surface area contributed by atoms with Crippen molar-refractivity contribution in [2.45, 2.75) is 95.2 Å². The average molecular weight is 449 g/mol. The Kier molecular flexibility index (Phi) is 17.0. The summed E-state index contributed by atoms with van der Waals surface area (Å²) in [6, 6.07) is 6.16. The van der Waals surface area contributed by atoms with Gasteiger partial charge < -0.3 is 0 Å². The third kappa shape index (κ3) is 13.1. The Morgan fingerprint density at radius 3 is 1.83 bits per heavy atom. The van der Waals surface area contributed by atoms with Crippen molar-refractivity contribution in [2.24, 2.45) is 0 Å². The first-order valence-electron chi connectivity index (χ1n) is 9.39. The molecule has 0 bridgehead atoms. The van der Waals surface area contributed by atoms with Crippen molar-refractivity contribution in [1.82, 2.24) is 4.98 Å². The van der Waals surface area contributed by atoms with Crippen LogP contribution in [-0.2, 0) is 0 Å². The molecule has 1 rings (SSSR count). The van der Waals surface area contributed by atoms with Gasteiger partial charge in [0, 0.05) is 6.20 Å². The summed E-state index contributed by atoms with van der Waals surface area (Å²) in [5.41, 5.74) is 1.17. The molecule has 1 aromatic heterocycles. The lowest BCUT2D eigenvalue weighted by Crippen LogP contribution is -1.93. The minimum atomic E-state index is 0. The number of unbranched alkanes of at least 4 members (excludes halogenated alkanes) is 11. The van der Waals surface area contributed by atoms with Crippen molar-refractivity contribution in [3.05, 3.63) is 30.1 Å². The Bertz CT molecular complexity index is 343. The molecule has 134 valence electrons. The van der Waals surface area contributed by atoms with Crippen molar-refractivity contribution in [1.29, 1.82) is 0 Å². The van der Waals surface area contributed by atoms with Crippen molar-refractivity contribution >= 4 is 32.9 Å². The molecule has 1 heterocycles. The van der Waals surface area contributed by atoms with E-state index in [1.165, 1.54) is 89.2 Å². The zero-order valence-corrected chi connectivity index (χ0v) is 18.1. The van der Waals surface area contributed by atoms with E-state index in [0.29, 0.717) is 4.83 Å². The standard InChI is InChI=1S/C20H34BrN.BrH/c1-2-3-4-5-6-7-8-9-10-11-12-13-16-19(21)20-17-14-15-18-22-20;/h14-15,17-19H,2-13,16H2,1H3;1H. The first kappa shape index (κ1) is 23.1. The Labute approximate surface area is 163 Å². The molecule has 1 unspecified atom stereocenters. The van der Waals surface area contributed by atoms with Gasteiger partial charge in [0.25, 0.3) is 0 Å². The van der Waals surface area contributed by atoms with Gasteiger partial charge in [-0.15, -0.1) is 17.0 Å². The maximum absolute atomic E-state index is 4.41. The Morgan fingerprint density at radius 2 is 1.35 bits per heavy atom. The van der Waals surface area contributed by atoms with E-state index in [1.807, 2.05) is 12.3 Å². The number of nitrogens with zero attached hydrogens (tertiary/aromatic N) is 1. The Morgan fingerprint density at radius 1 is 0.826 bits per heavy atom. The summed E-state index contributed by atoms with van der Waals surface area (Å²) in [6.07, 6.45) is 20.0. The van der Waals surface area contributed by atoms with Crippen LogP contribution in [0.5, 0.6) is 0 Å². The van der Waals surface area contributed by atoms with Gasteiger partial charge in [0.1, 0.15) is 0 Å². The van der Waals surface area contributed by atoms with Crippen LogP contribution in [0.25, 0.3) is 0 Å². The van der Waals surface area contributed by atoms with Crippen LogP contribution in [0.3, 0.4) is 0 Å². The summed E-state index contributed by atoms with van der Waals surface area (Å²) in [5, 5.41) is 0. The summed E-state index contributed by atoms with van der Waals surface area (Å²) in [5.74, 6) is 0. The lowest BCUT2D eigenvalue weighted by molar-refractivity contribution is 0.538. The number of aromatic nitrogens is 1. The molecule has 0 N–H and O–H groups in total. The fourth-order valence-corrected chi connectivity index (χ4v) is 3.47. The van der Waals surface area contributed by atoms with Crippen molar-refractivity contribution in [3.63, 3.8) is 0 Å². The second-order valence-electron chi connectivity index (χ2n) is 6.40. The van der Waals surface area contributed by atoms with Crippen molar-refractivity contribution in [2.75, 3.05) is 0 Å². The molecule has 0 amide bonds. The second kappa shape index (κ2) is 17.0. The molecule has 1 aromatic rings. The lowest BCUT2D eigenvalue weighted by Gasteiger charge is -2.08. The number of halogens is 2. The largest absolute Gasteiger partial charge is 0.260 e. The number of hydrogen-bond acceptors (Lipinski definition) is 1. The third-order valence-corrected chi connectivity index (χ3v) is 5.25. The maximum Gasteiger partial charge on any atom is 0.0568 e. The minimum Gasteiger partial charge on any atom is -0.260 e.